The molecule has 2 rings (SSSR count). The third-order valence-electron chi connectivity index (χ3n) is 2.54. The van der Waals surface area contributed by atoms with Crippen LogP contribution < -0.4 is 9.46 Å². The first kappa shape index (κ1) is 16.3. The van der Waals surface area contributed by atoms with E-state index in [1.807, 2.05) is 6.92 Å². The van der Waals surface area contributed by atoms with E-state index >= 15 is 0 Å². The van der Waals surface area contributed by atoms with Crippen LogP contribution in [-0.2, 0) is 20.8 Å². The molecule has 0 radical (unpaired) electrons. The number of rotatable bonds is 5. The number of hydrogen-bond donors (Lipinski definition) is 1. The summed E-state index contributed by atoms with van der Waals surface area (Å²) in [6, 6.07) is 8.47. The molecule has 0 aliphatic carbocycles. The van der Waals surface area contributed by atoms with E-state index in [0.717, 1.165) is 23.6 Å². The molecule has 1 N–H and O–H groups in total. The van der Waals surface area contributed by atoms with E-state index in [4.69, 9.17) is 15.9 Å². The monoisotopic (exact) mass is 391 g/mol. The van der Waals surface area contributed by atoms with Crippen LogP contribution >= 0.6 is 15.9 Å². The lowest BCUT2D eigenvalue weighted by Gasteiger charge is -2.11. The highest BCUT2D eigenvalue weighted by Gasteiger charge is 2.09. The summed E-state index contributed by atoms with van der Waals surface area (Å²) in [5, 5.41) is 0. The third-order valence-corrected chi connectivity index (χ3v) is 5.10. The fourth-order valence-electron chi connectivity index (χ4n) is 1.53. The Balaban J connectivity index is 2.19. The van der Waals surface area contributed by atoms with E-state index < -0.39 is 11.6 Å². The Bertz CT molecular complexity index is 682. The van der Waals surface area contributed by atoms with Crippen molar-refractivity contribution in [1.29, 1.82) is 0 Å². The van der Waals surface area contributed by atoms with Crippen molar-refractivity contribution in [3.63, 3.8) is 0 Å². The van der Waals surface area contributed by atoms with Crippen LogP contribution in [0.25, 0.3) is 0 Å². The van der Waals surface area contributed by atoms with Gasteiger partial charge in [-0.15, -0.1) is 0 Å². The predicted octanol–water partition coefficient (Wildman–Crippen LogP) is 4.95. The van der Waals surface area contributed by atoms with Crippen molar-refractivity contribution in [1.82, 2.24) is 0 Å². The lowest BCUT2D eigenvalue weighted by atomic mass is 10.3. The Morgan fingerprint density at radius 2 is 1.90 bits per heavy atom. The zero-order chi connectivity index (χ0) is 15.4. The van der Waals surface area contributed by atoms with Crippen LogP contribution in [0.1, 0.15) is 6.92 Å². The Hall–Kier alpha value is -1.05. The number of halogens is 3. The van der Waals surface area contributed by atoms with Crippen molar-refractivity contribution in [2.75, 3.05) is 10.5 Å². The summed E-state index contributed by atoms with van der Waals surface area (Å²) in [5.74, 6) is -0.134. The molecule has 1 unspecified atom stereocenters. The van der Waals surface area contributed by atoms with Gasteiger partial charge < -0.3 is 9.46 Å². The van der Waals surface area contributed by atoms with Gasteiger partial charge in [0.1, 0.15) is 11.6 Å². The van der Waals surface area contributed by atoms with Gasteiger partial charge in [0, 0.05) is 17.5 Å². The van der Waals surface area contributed by atoms with Gasteiger partial charge in [-0.3, -0.25) is 0 Å². The third kappa shape index (κ3) is 4.46. The fraction of sp³-hybridized carbons (Fsp3) is 0.143. The topological polar surface area (TPSA) is 21.3 Å². The smallest absolute Gasteiger partial charge is 0.168 e. The summed E-state index contributed by atoms with van der Waals surface area (Å²) in [6.45, 7) is 2.01. The molecule has 0 heterocycles. The molecule has 0 saturated heterocycles. The normalized spacial score (nSPS) is 12.0. The SMILES string of the molecule is CCS(=S)Nc1ccc(Oc2ccc(F)cc2F)c(Br)c1. The number of nitrogens with one attached hydrogen (secondary N) is 1. The van der Waals surface area contributed by atoms with Crippen LogP contribution in [0.5, 0.6) is 11.5 Å². The van der Waals surface area contributed by atoms with Gasteiger partial charge in [0.05, 0.1) is 4.47 Å². The molecule has 1 atom stereocenters. The first-order valence-corrected chi connectivity index (χ1v) is 9.18. The molecule has 2 aromatic rings. The summed E-state index contributed by atoms with van der Waals surface area (Å²) in [7, 11) is -0.317. The zero-order valence-electron chi connectivity index (χ0n) is 11.0. The lowest BCUT2D eigenvalue weighted by molar-refractivity contribution is 0.435. The molecule has 112 valence electrons. The first-order valence-electron chi connectivity index (χ1n) is 6.07. The molecule has 0 spiro atoms. The molecule has 0 aliphatic heterocycles. The molecule has 0 amide bonds. The van der Waals surface area contributed by atoms with E-state index in [0.29, 0.717) is 10.2 Å². The molecule has 2 aromatic carbocycles. The summed E-state index contributed by atoms with van der Waals surface area (Å²) >= 11 is 8.58. The highest BCUT2D eigenvalue weighted by molar-refractivity contribution is 9.10. The van der Waals surface area contributed by atoms with E-state index in [-0.39, 0.29) is 15.4 Å². The largest absolute Gasteiger partial charge is 0.453 e. The average Bonchev–Trinajstić information content (AvgIpc) is 2.44. The van der Waals surface area contributed by atoms with Crippen molar-refractivity contribution in [3.05, 3.63) is 52.5 Å². The maximum atomic E-state index is 13.6. The summed E-state index contributed by atoms with van der Waals surface area (Å²) in [5.41, 5.74) is 0.856. The van der Waals surface area contributed by atoms with Gasteiger partial charge in [0.15, 0.2) is 11.6 Å². The second-order valence-electron chi connectivity index (χ2n) is 4.06. The van der Waals surface area contributed by atoms with E-state index in [2.05, 4.69) is 20.7 Å². The second-order valence-corrected chi connectivity index (χ2v) is 7.59. The molecular formula is C14H12BrF2NOS2. The summed E-state index contributed by atoms with van der Waals surface area (Å²) in [4.78, 5) is 0. The highest BCUT2D eigenvalue weighted by Crippen LogP contribution is 2.33. The van der Waals surface area contributed by atoms with E-state index in [1.54, 1.807) is 18.2 Å². The molecule has 0 fully saturated rings. The van der Waals surface area contributed by atoms with Gasteiger partial charge in [-0.25, -0.2) is 8.78 Å². The molecule has 0 saturated carbocycles. The Kier molecular flexibility index (Phi) is 5.66. The molecule has 0 aliphatic rings. The Labute approximate surface area is 137 Å². The molecule has 0 aromatic heterocycles. The Morgan fingerprint density at radius 1 is 1.19 bits per heavy atom. The van der Waals surface area contributed by atoms with E-state index in [9.17, 15) is 8.78 Å². The van der Waals surface area contributed by atoms with Crippen molar-refractivity contribution < 1.29 is 13.5 Å². The zero-order valence-corrected chi connectivity index (χ0v) is 14.2. The van der Waals surface area contributed by atoms with Gasteiger partial charge in [-0.2, -0.15) is 0 Å². The van der Waals surface area contributed by atoms with Crippen molar-refractivity contribution in [2.45, 2.75) is 6.92 Å². The van der Waals surface area contributed by atoms with Crippen LogP contribution in [0.3, 0.4) is 0 Å². The Morgan fingerprint density at radius 3 is 2.52 bits per heavy atom. The maximum absolute atomic E-state index is 13.6. The fourth-order valence-corrected chi connectivity index (χ4v) is 2.81. The van der Waals surface area contributed by atoms with Crippen molar-refractivity contribution in [3.8, 4) is 11.5 Å². The van der Waals surface area contributed by atoms with Gasteiger partial charge in [0.2, 0.25) is 0 Å². The number of benzene rings is 2. The highest BCUT2D eigenvalue weighted by atomic mass is 79.9. The van der Waals surface area contributed by atoms with Crippen LogP contribution in [0, 0.1) is 11.6 Å². The lowest BCUT2D eigenvalue weighted by Crippen LogP contribution is -2.04. The van der Waals surface area contributed by atoms with Gasteiger partial charge >= 0.3 is 0 Å². The predicted molar refractivity (Wildman–Crippen MR) is 89.5 cm³/mol. The number of hydrogen-bond acceptors (Lipinski definition) is 2. The van der Waals surface area contributed by atoms with Gasteiger partial charge in [-0.1, -0.05) is 6.92 Å². The molecule has 0 bridgehead atoms. The number of ether oxygens (including phenoxy) is 1. The van der Waals surface area contributed by atoms with Crippen molar-refractivity contribution in [2.24, 2.45) is 0 Å². The standard InChI is InChI=1S/C14H12BrF2NOS2/c1-2-21(20)18-10-4-6-13(11(15)8-10)19-14-5-3-9(16)7-12(14)17/h3-8,18H,2H2,1H3. The van der Waals surface area contributed by atoms with Gasteiger partial charge in [0.25, 0.3) is 0 Å². The second kappa shape index (κ2) is 7.29. The molecule has 2 nitrogen and oxygen atoms in total. The summed E-state index contributed by atoms with van der Waals surface area (Å²) in [6.07, 6.45) is 0. The van der Waals surface area contributed by atoms with Crippen LogP contribution in [0.2, 0.25) is 0 Å². The van der Waals surface area contributed by atoms with Crippen LogP contribution in [0.4, 0.5) is 14.5 Å². The molecule has 21 heavy (non-hydrogen) atoms. The minimum absolute atomic E-state index is 0.0330. The minimum atomic E-state index is -0.748. The van der Waals surface area contributed by atoms with Crippen molar-refractivity contribution >= 4 is 42.4 Å². The average molecular weight is 392 g/mol. The first-order chi connectivity index (χ1) is 9.99. The quantitative estimate of drug-likeness (QED) is 0.779. The minimum Gasteiger partial charge on any atom is -0.453 e. The van der Waals surface area contributed by atoms with Crippen LogP contribution in [0.15, 0.2) is 40.9 Å². The molecular weight excluding hydrogens is 380 g/mol. The summed E-state index contributed by atoms with van der Waals surface area (Å²) < 4.78 is 35.7. The van der Waals surface area contributed by atoms with Crippen LogP contribution in [-0.4, -0.2) is 5.75 Å². The maximum Gasteiger partial charge on any atom is 0.168 e. The van der Waals surface area contributed by atoms with E-state index in [1.165, 1.54) is 6.07 Å². The van der Waals surface area contributed by atoms with Gasteiger partial charge in [-0.05, 0) is 67.1 Å². The number of anilines is 1. The molecule has 7 heteroatoms.